The van der Waals surface area contributed by atoms with Gasteiger partial charge in [-0.3, -0.25) is 14.4 Å². The van der Waals surface area contributed by atoms with Crippen LogP contribution in [0.1, 0.15) is 40.5 Å². The van der Waals surface area contributed by atoms with E-state index in [2.05, 4.69) is 0 Å². The van der Waals surface area contributed by atoms with Gasteiger partial charge in [-0.15, -0.1) is 0 Å². The number of aliphatic carboxylic acids is 1. The van der Waals surface area contributed by atoms with Gasteiger partial charge >= 0.3 is 5.97 Å². The molecule has 0 radical (unpaired) electrons. The molecule has 0 saturated heterocycles. The largest absolute Gasteiger partial charge is 0.481 e. The molecule has 0 aromatic rings. The van der Waals surface area contributed by atoms with E-state index in [-0.39, 0.29) is 30.1 Å². The van der Waals surface area contributed by atoms with Gasteiger partial charge < -0.3 is 10.0 Å². The number of carbonyl (C=O) groups excluding carboxylic acids is 2. The lowest BCUT2D eigenvalue weighted by atomic mass is 9.62. The van der Waals surface area contributed by atoms with Gasteiger partial charge in [0.1, 0.15) is 0 Å². The molecule has 5 heteroatoms. The Bertz CT molecular complexity index is 532. The molecule has 4 unspecified atom stereocenters. The predicted molar refractivity (Wildman–Crippen MR) is 86.7 cm³/mol. The van der Waals surface area contributed by atoms with Gasteiger partial charge in [0, 0.05) is 12.0 Å². The molecule has 128 valence electrons. The van der Waals surface area contributed by atoms with Crippen molar-refractivity contribution in [2.45, 2.75) is 40.5 Å². The normalized spacial score (nSPS) is 29.4. The van der Waals surface area contributed by atoms with E-state index in [9.17, 15) is 19.5 Å². The van der Waals surface area contributed by atoms with E-state index in [0.717, 1.165) is 12.8 Å². The number of fused-ring (bicyclic) bond motifs is 2. The van der Waals surface area contributed by atoms with Crippen LogP contribution >= 0.6 is 0 Å². The molecule has 1 saturated carbocycles. The summed E-state index contributed by atoms with van der Waals surface area (Å²) >= 11 is 0. The second-order valence-corrected chi connectivity index (χ2v) is 7.71. The van der Waals surface area contributed by atoms with Crippen molar-refractivity contribution in [3.8, 4) is 0 Å². The monoisotopic (exact) mass is 321 g/mol. The maximum atomic E-state index is 13.0. The molecule has 3 rings (SSSR count). The van der Waals surface area contributed by atoms with Gasteiger partial charge in [-0.1, -0.05) is 32.9 Å². The lowest BCUT2D eigenvalue weighted by Crippen LogP contribution is -2.51. The molecule has 3 aliphatic rings. The fourth-order valence-electron chi connectivity index (χ4n) is 3.63. The van der Waals surface area contributed by atoms with E-state index in [0.29, 0.717) is 6.54 Å². The average molecular weight is 321 g/mol. The van der Waals surface area contributed by atoms with Crippen molar-refractivity contribution in [2.24, 2.45) is 29.1 Å². The van der Waals surface area contributed by atoms with Crippen molar-refractivity contribution in [1.82, 2.24) is 4.90 Å². The number of rotatable bonds is 5. The summed E-state index contributed by atoms with van der Waals surface area (Å²) in [6, 6.07) is 0. The van der Waals surface area contributed by atoms with Crippen LogP contribution in [0.15, 0.2) is 12.2 Å². The zero-order valence-electron chi connectivity index (χ0n) is 14.4. The van der Waals surface area contributed by atoms with Crippen LogP contribution in [0.25, 0.3) is 0 Å². The van der Waals surface area contributed by atoms with Crippen LogP contribution in [0.2, 0.25) is 0 Å². The van der Waals surface area contributed by atoms with Crippen LogP contribution < -0.4 is 0 Å². The van der Waals surface area contributed by atoms with Crippen LogP contribution in [0.4, 0.5) is 0 Å². The molecule has 3 aliphatic carbocycles. The minimum absolute atomic E-state index is 0.00362. The number of hydrogen-bond donors (Lipinski definition) is 1. The van der Waals surface area contributed by atoms with Crippen LogP contribution in [0.5, 0.6) is 0 Å². The summed E-state index contributed by atoms with van der Waals surface area (Å²) in [7, 11) is 0. The van der Waals surface area contributed by atoms with Crippen LogP contribution in [0, 0.1) is 29.1 Å². The summed E-state index contributed by atoms with van der Waals surface area (Å²) in [5.41, 5.74) is -0.509. The third-order valence-electron chi connectivity index (χ3n) is 5.18. The second kappa shape index (κ2) is 6.46. The van der Waals surface area contributed by atoms with Crippen molar-refractivity contribution < 1.29 is 19.5 Å². The van der Waals surface area contributed by atoms with Crippen molar-refractivity contribution >= 4 is 17.7 Å². The van der Waals surface area contributed by atoms with Crippen molar-refractivity contribution in [1.29, 1.82) is 0 Å². The topological polar surface area (TPSA) is 74.7 Å². The van der Waals surface area contributed by atoms with Crippen LogP contribution in [-0.4, -0.2) is 40.8 Å². The van der Waals surface area contributed by atoms with E-state index in [1.165, 1.54) is 4.90 Å². The lowest BCUT2D eigenvalue weighted by Gasteiger charge is -2.43. The Morgan fingerprint density at radius 3 is 2.00 bits per heavy atom. The maximum absolute atomic E-state index is 13.0. The van der Waals surface area contributed by atoms with Gasteiger partial charge in [0.25, 0.3) is 0 Å². The Hall–Kier alpha value is -1.65. The SMILES string of the molecule is CCN(CC(=O)C(C)(C)C)C(=O)C1C2C=CC(CC2)C1C(=O)O. The minimum Gasteiger partial charge on any atom is -0.481 e. The number of likely N-dealkylation sites (N-methyl/N-ethyl adjacent to an activating group) is 1. The molecular formula is C18H27NO4. The van der Waals surface area contributed by atoms with Crippen molar-refractivity contribution in [3.05, 3.63) is 12.2 Å². The van der Waals surface area contributed by atoms with E-state index in [4.69, 9.17) is 0 Å². The number of amides is 1. The number of Topliss-reactive ketones (excluding diaryl/α,β-unsaturated/α-hetero) is 1. The first kappa shape index (κ1) is 17.7. The number of nitrogens with zero attached hydrogens (tertiary/aromatic N) is 1. The predicted octanol–water partition coefficient (Wildman–Crippen LogP) is 2.36. The van der Waals surface area contributed by atoms with E-state index < -0.39 is 23.2 Å². The van der Waals surface area contributed by atoms with E-state index in [1.54, 1.807) is 0 Å². The summed E-state index contributed by atoms with van der Waals surface area (Å²) in [4.78, 5) is 38.5. The molecular weight excluding hydrogens is 294 g/mol. The first-order valence-corrected chi connectivity index (χ1v) is 8.40. The number of carboxylic acid groups (broad SMARTS) is 1. The summed E-state index contributed by atoms with van der Waals surface area (Å²) in [6.07, 6.45) is 5.63. The quantitative estimate of drug-likeness (QED) is 0.789. The Morgan fingerprint density at radius 1 is 1.09 bits per heavy atom. The first-order valence-electron chi connectivity index (χ1n) is 8.40. The van der Waals surface area contributed by atoms with Gasteiger partial charge in [0.05, 0.1) is 18.4 Å². The highest BCUT2D eigenvalue weighted by Gasteiger charge is 2.49. The highest BCUT2D eigenvalue weighted by Crippen LogP contribution is 2.45. The van der Waals surface area contributed by atoms with Gasteiger partial charge in [0.15, 0.2) is 5.78 Å². The van der Waals surface area contributed by atoms with Crippen LogP contribution in [0.3, 0.4) is 0 Å². The van der Waals surface area contributed by atoms with Gasteiger partial charge in [0.2, 0.25) is 5.91 Å². The third-order valence-corrected chi connectivity index (χ3v) is 5.18. The first-order chi connectivity index (χ1) is 10.7. The Labute approximate surface area is 137 Å². The van der Waals surface area contributed by atoms with Crippen LogP contribution in [-0.2, 0) is 14.4 Å². The molecule has 5 nitrogen and oxygen atoms in total. The number of ketones is 1. The fourth-order valence-corrected chi connectivity index (χ4v) is 3.63. The number of hydrogen-bond acceptors (Lipinski definition) is 3. The Kier molecular flexibility index (Phi) is 4.97. The minimum atomic E-state index is -0.902. The van der Waals surface area contributed by atoms with Gasteiger partial charge in [-0.2, -0.15) is 0 Å². The highest BCUT2D eigenvalue weighted by atomic mass is 16.4. The average Bonchev–Trinajstić information content (AvgIpc) is 2.50. The molecule has 23 heavy (non-hydrogen) atoms. The fraction of sp³-hybridized carbons (Fsp3) is 0.722. The summed E-state index contributed by atoms with van der Waals surface area (Å²) in [6.45, 7) is 7.81. The number of allylic oxidation sites excluding steroid dienone is 2. The number of carbonyl (C=O) groups is 3. The summed E-state index contributed by atoms with van der Waals surface area (Å²) in [5, 5.41) is 9.57. The van der Waals surface area contributed by atoms with Gasteiger partial charge in [-0.25, -0.2) is 0 Å². The molecule has 1 N–H and O–H groups in total. The summed E-state index contributed by atoms with van der Waals surface area (Å²) in [5.74, 6) is -2.38. The smallest absolute Gasteiger partial charge is 0.307 e. The second-order valence-electron chi connectivity index (χ2n) is 7.71. The molecule has 0 aliphatic heterocycles. The van der Waals surface area contributed by atoms with Gasteiger partial charge in [-0.05, 0) is 31.6 Å². The zero-order valence-corrected chi connectivity index (χ0v) is 14.4. The molecule has 2 bridgehead atoms. The van der Waals surface area contributed by atoms with Crippen molar-refractivity contribution in [3.63, 3.8) is 0 Å². The summed E-state index contributed by atoms with van der Waals surface area (Å²) < 4.78 is 0. The molecule has 0 spiro atoms. The maximum Gasteiger partial charge on any atom is 0.307 e. The lowest BCUT2D eigenvalue weighted by molar-refractivity contribution is -0.157. The van der Waals surface area contributed by atoms with E-state index >= 15 is 0 Å². The molecule has 0 aromatic heterocycles. The third kappa shape index (κ3) is 3.48. The zero-order chi connectivity index (χ0) is 17.4. The highest BCUT2D eigenvalue weighted by molar-refractivity contribution is 5.92. The molecule has 0 aromatic carbocycles. The van der Waals surface area contributed by atoms with Crippen molar-refractivity contribution in [2.75, 3.05) is 13.1 Å². The molecule has 1 fully saturated rings. The Balaban J connectivity index is 2.21. The molecule has 0 heterocycles. The standard InChI is InChI=1S/C18H27NO4/c1-5-19(10-13(20)18(2,3)4)16(21)14-11-6-8-12(9-7-11)15(14)17(22)23/h6,8,11-12,14-15H,5,7,9-10H2,1-4H3,(H,22,23). The number of carboxylic acids is 1. The van der Waals surface area contributed by atoms with E-state index in [1.807, 2.05) is 39.8 Å². The Morgan fingerprint density at radius 2 is 1.61 bits per heavy atom. The molecule has 1 amide bonds. The molecule has 4 atom stereocenters.